The number of likely N-dealkylation sites (tertiary alicyclic amines) is 1. The molecular weight excluding hydrogens is 194 g/mol. The second kappa shape index (κ2) is 9.09. The standard InChI is InChI=1S/C9H19NO3.C2H6/c1-13-7-9(12)6-10-4-2-8(11)3-5-10;1-2/h8-9,11-12H,2-7H2,1H3;1-2H3. The molecule has 0 amide bonds. The largest absolute Gasteiger partial charge is 0.393 e. The van der Waals surface area contributed by atoms with Crippen molar-refractivity contribution in [3.05, 3.63) is 0 Å². The Morgan fingerprint density at radius 3 is 2.33 bits per heavy atom. The maximum Gasteiger partial charge on any atom is 0.0900 e. The Bertz CT molecular complexity index is 136. The molecule has 92 valence electrons. The van der Waals surface area contributed by atoms with Gasteiger partial charge in [0, 0.05) is 26.7 Å². The van der Waals surface area contributed by atoms with E-state index in [1.54, 1.807) is 7.11 Å². The van der Waals surface area contributed by atoms with Crippen molar-refractivity contribution in [1.82, 2.24) is 4.90 Å². The van der Waals surface area contributed by atoms with Crippen LogP contribution in [-0.4, -0.2) is 60.7 Å². The van der Waals surface area contributed by atoms with Gasteiger partial charge in [0.15, 0.2) is 0 Å². The van der Waals surface area contributed by atoms with E-state index in [0.29, 0.717) is 13.2 Å². The summed E-state index contributed by atoms with van der Waals surface area (Å²) in [7, 11) is 1.59. The Morgan fingerprint density at radius 1 is 1.33 bits per heavy atom. The van der Waals surface area contributed by atoms with Crippen molar-refractivity contribution < 1.29 is 14.9 Å². The van der Waals surface area contributed by atoms with E-state index < -0.39 is 6.10 Å². The third-order valence-electron chi connectivity index (χ3n) is 2.39. The molecule has 1 aliphatic rings. The molecule has 0 aromatic rings. The molecule has 0 aromatic carbocycles. The Balaban J connectivity index is 0.000000921. The van der Waals surface area contributed by atoms with Crippen LogP contribution in [-0.2, 0) is 4.74 Å². The van der Waals surface area contributed by atoms with Gasteiger partial charge in [-0.25, -0.2) is 0 Å². The number of rotatable bonds is 4. The molecule has 0 saturated carbocycles. The van der Waals surface area contributed by atoms with Gasteiger partial charge < -0.3 is 19.8 Å². The molecular formula is C11H25NO3. The van der Waals surface area contributed by atoms with E-state index in [9.17, 15) is 10.2 Å². The zero-order valence-electron chi connectivity index (χ0n) is 10.1. The van der Waals surface area contributed by atoms with Gasteiger partial charge in [-0.1, -0.05) is 13.8 Å². The lowest BCUT2D eigenvalue weighted by Crippen LogP contribution is -2.41. The molecule has 4 nitrogen and oxygen atoms in total. The minimum atomic E-state index is -0.403. The maximum absolute atomic E-state index is 9.44. The number of piperidine rings is 1. The van der Waals surface area contributed by atoms with Gasteiger partial charge in [-0.2, -0.15) is 0 Å². The normalized spacial score (nSPS) is 20.6. The molecule has 1 fully saturated rings. The molecule has 1 heterocycles. The van der Waals surface area contributed by atoms with Crippen molar-refractivity contribution >= 4 is 0 Å². The molecule has 1 atom stereocenters. The average Bonchev–Trinajstić information content (AvgIpc) is 2.25. The van der Waals surface area contributed by atoms with Crippen molar-refractivity contribution in [1.29, 1.82) is 0 Å². The lowest BCUT2D eigenvalue weighted by Gasteiger charge is -2.30. The fourth-order valence-corrected chi connectivity index (χ4v) is 1.65. The lowest BCUT2D eigenvalue weighted by atomic mass is 10.1. The number of ether oxygens (including phenoxy) is 1. The highest BCUT2D eigenvalue weighted by atomic mass is 16.5. The van der Waals surface area contributed by atoms with Gasteiger partial charge >= 0.3 is 0 Å². The number of aliphatic hydroxyl groups excluding tert-OH is 2. The smallest absolute Gasteiger partial charge is 0.0900 e. The van der Waals surface area contributed by atoms with Crippen LogP contribution in [0.15, 0.2) is 0 Å². The van der Waals surface area contributed by atoms with Crippen molar-refractivity contribution in [3.63, 3.8) is 0 Å². The first-order chi connectivity index (χ1) is 7.22. The Labute approximate surface area is 92.9 Å². The summed E-state index contributed by atoms with van der Waals surface area (Å²) in [5, 5.41) is 18.7. The summed E-state index contributed by atoms with van der Waals surface area (Å²) in [6.07, 6.45) is 1.09. The Hall–Kier alpha value is -0.160. The number of hydrogen-bond acceptors (Lipinski definition) is 4. The van der Waals surface area contributed by atoms with Gasteiger partial charge in [-0.05, 0) is 12.8 Å². The minimum absolute atomic E-state index is 0.143. The highest BCUT2D eigenvalue weighted by molar-refractivity contribution is 4.73. The van der Waals surface area contributed by atoms with Crippen LogP contribution in [0.5, 0.6) is 0 Å². The Kier molecular flexibility index (Phi) is 9.00. The number of β-amino-alcohol motifs (C(OH)–C–C–N with tert-alkyl or cyclic N) is 1. The topological polar surface area (TPSA) is 52.9 Å². The van der Waals surface area contributed by atoms with Gasteiger partial charge in [0.05, 0.1) is 18.8 Å². The van der Waals surface area contributed by atoms with Gasteiger partial charge in [0.25, 0.3) is 0 Å². The Morgan fingerprint density at radius 2 is 1.87 bits per heavy atom. The van der Waals surface area contributed by atoms with E-state index in [-0.39, 0.29) is 6.10 Å². The molecule has 1 unspecified atom stereocenters. The highest BCUT2D eigenvalue weighted by Gasteiger charge is 2.18. The van der Waals surface area contributed by atoms with Crippen LogP contribution < -0.4 is 0 Å². The first-order valence-electron chi connectivity index (χ1n) is 5.79. The summed E-state index contributed by atoms with van der Waals surface area (Å²) in [5.74, 6) is 0. The van der Waals surface area contributed by atoms with Gasteiger partial charge in [0.2, 0.25) is 0 Å². The van der Waals surface area contributed by atoms with Crippen molar-refractivity contribution in [2.45, 2.75) is 38.9 Å². The molecule has 1 rings (SSSR count). The van der Waals surface area contributed by atoms with Crippen LogP contribution in [0.25, 0.3) is 0 Å². The number of hydrogen-bond donors (Lipinski definition) is 2. The lowest BCUT2D eigenvalue weighted by molar-refractivity contribution is 0.0168. The monoisotopic (exact) mass is 219 g/mol. The van der Waals surface area contributed by atoms with E-state index in [2.05, 4.69) is 4.90 Å². The molecule has 0 radical (unpaired) electrons. The third kappa shape index (κ3) is 6.84. The molecule has 0 aliphatic carbocycles. The summed E-state index contributed by atoms with van der Waals surface area (Å²) in [4.78, 5) is 2.16. The van der Waals surface area contributed by atoms with Crippen LogP contribution in [0.3, 0.4) is 0 Å². The van der Waals surface area contributed by atoms with Gasteiger partial charge in [0.1, 0.15) is 0 Å². The van der Waals surface area contributed by atoms with Crippen molar-refractivity contribution in [2.24, 2.45) is 0 Å². The number of aliphatic hydroxyl groups is 2. The number of methoxy groups -OCH3 is 1. The summed E-state index contributed by atoms with van der Waals surface area (Å²) in [6.45, 7) is 6.80. The SMILES string of the molecule is CC.COCC(O)CN1CCC(O)CC1. The first kappa shape index (κ1) is 14.8. The average molecular weight is 219 g/mol. The quantitative estimate of drug-likeness (QED) is 0.722. The molecule has 0 spiro atoms. The molecule has 0 bridgehead atoms. The zero-order chi connectivity index (χ0) is 11.7. The highest BCUT2D eigenvalue weighted by Crippen LogP contribution is 2.09. The molecule has 1 saturated heterocycles. The van der Waals surface area contributed by atoms with E-state index >= 15 is 0 Å². The zero-order valence-corrected chi connectivity index (χ0v) is 10.1. The van der Waals surface area contributed by atoms with Crippen LogP contribution in [0.1, 0.15) is 26.7 Å². The van der Waals surface area contributed by atoms with Crippen molar-refractivity contribution in [2.75, 3.05) is 33.4 Å². The van der Waals surface area contributed by atoms with Gasteiger partial charge in [-0.15, -0.1) is 0 Å². The summed E-state index contributed by atoms with van der Waals surface area (Å²) in [5.41, 5.74) is 0. The van der Waals surface area contributed by atoms with E-state index in [0.717, 1.165) is 25.9 Å². The second-order valence-corrected chi connectivity index (χ2v) is 3.64. The van der Waals surface area contributed by atoms with Crippen LogP contribution in [0.4, 0.5) is 0 Å². The molecule has 15 heavy (non-hydrogen) atoms. The van der Waals surface area contributed by atoms with Crippen LogP contribution in [0.2, 0.25) is 0 Å². The van der Waals surface area contributed by atoms with E-state index in [4.69, 9.17) is 4.74 Å². The fourth-order valence-electron chi connectivity index (χ4n) is 1.65. The minimum Gasteiger partial charge on any atom is -0.393 e. The maximum atomic E-state index is 9.44. The molecule has 0 aromatic heterocycles. The van der Waals surface area contributed by atoms with E-state index in [1.165, 1.54) is 0 Å². The summed E-state index contributed by atoms with van der Waals surface area (Å²) < 4.78 is 4.84. The van der Waals surface area contributed by atoms with Gasteiger partial charge in [-0.3, -0.25) is 0 Å². The van der Waals surface area contributed by atoms with Crippen molar-refractivity contribution in [3.8, 4) is 0 Å². The summed E-state index contributed by atoms with van der Waals surface area (Å²) in [6, 6.07) is 0. The van der Waals surface area contributed by atoms with E-state index in [1.807, 2.05) is 13.8 Å². The van der Waals surface area contributed by atoms with Crippen LogP contribution >= 0.6 is 0 Å². The summed E-state index contributed by atoms with van der Waals surface area (Å²) >= 11 is 0. The predicted octanol–water partition coefficient (Wildman–Crippen LogP) is 0.477. The second-order valence-electron chi connectivity index (χ2n) is 3.64. The third-order valence-corrected chi connectivity index (χ3v) is 2.39. The molecule has 4 heteroatoms. The molecule has 2 N–H and O–H groups in total. The predicted molar refractivity (Wildman–Crippen MR) is 60.9 cm³/mol. The molecule has 1 aliphatic heterocycles. The first-order valence-corrected chi connectivity index (χ1v) is 5.79. The van der Waals surface area contributed by atoms with Crippen LogP contribution in [0, 0.1) is 0 Å². The fraction of sp³-hybridized carbons (Fsp3) is 1.00. The number of nitrogens with zero attached hydrogens (tertiary/aromatic N) is 1.